The standard InChI is InChI=1S/C13H20N2O4S2/c1-3-6-15(10-4-5-14-8-10)21(17,18)11-7-12(20-9-11)13(16)19-2/h7,9-10,14H,3-6,8H2,1-2H3. The van der Waals surface area contributed by atoms with E-state index in [1.54, 1.807) is 4.31 Å². The van der Waals surface area contributed by atoms with Crippen molar-refractivity contribution in [1.29, 1.82) is 0 Å². The molecule has 2 rings (SSSR count). The molecule has 1 aromatic rings. The van der Waals surface area contributed by atoms with Crippen molar-refractivity contribution in [2.45, 2.75) is 30.7 Å². The fraction of sp³-hybridized carbons (Fsp3) is 0.615. The number of hydrogen-bond acceptors (Lipinski definition) is 6. The van der Waals surface area contributed by atoms with E-state index >= 15 is 0 Å². The Balaban J connectivity index is 2.29. The lowest BCUT2D eigenvalue weighted by Crippen LogP contribution is -2.41. The molecule has 1 saturated heterocycles. The first-order chi connectivity index (χ1) is 10.0. The van der Waals surface area contributed by atoms with Crippen molar-refractivity contribution in [2.75, 3.05) is 26.7 Å². The van der Waals surface area contributed by atoms with Gasteiger partial charge in [-0.15, -0.1) is 11.3 Å². The number of carbonyl (C=O) groups is 1. The van der Waals surface area contributed by atoms with Gasteiger partial charge in [-0.3, -0.25) is 0 Å². The van der Waals surface area contributed by atoms with E-state index in [4.69, 9.17) is 0 Å². The van der Waals surface area contributed by atoms with Gasteiger partial charge in [0.1, 0.15) is 4.88 Å². The molecule has 1 unspecified atom stereocenters. The lowest BCUT2D eigenvalue weighted by Gasteiger charge is -2.26. The van der Waals surface area contributed by atoms with E-state index in [1.165, 1.54) is 18.6 Å². The molecule has 0 bridgehead atoms. The van der Waals surface area contributed by atoms with Crippen LogP contribution in [-0.2, 0) is 14.8 Å². The Morgan fingerprint density at radius 2 is 2.33 bits per heavy atom. The summed E-state index contributed by atoms with van der Waals surface area (Å²) in [7, 11) is -2.29. The highest BCUT2D eigenvalue weighted by Crippen LogP contribution is 2.26. The average Bonchev–Trinajstić information content (AvgIpc) is 3.14. The zero-order valence-electron chi connectivity index (χ0n) is 12.2. The molecule has 2 heterocycles. The summed E-state index contributed by atoms with van der Waals surface area (Å²) in [6, 6.07) is 1.38. The van der Waals surface area contributed by atoms with E-state index in [2.05, 4.69) is 10.1 Å². The first-order valence-electron chi connectivity index (χ1n) is 6.90. The van der Waals surface area contributed by atoms with Gasteiger partial charge < -0.3 is 10.1 Å². The molecule has 0 amide bonds. The third-order valence-electron chi connectivity index (χ3n) is 3.45. The molecule has 118 valence electrons. The third-order valence-corrected chi connectivity index (χ3v) is 6.44. The van der Waals surface area contributed by atoms with E-state index in [9.17, 15) is 13.2 Å². The molecule has 0 spiro atoms. The molecule has 0 aliphatic carbocycles. The summed E-state index contributed by atoms with van der Waals surface area (Å²) in [4.78, 5) is 12.0. The topological polar surface area (TPSA) is 75.7 Å². The molecular formula is C13H20N2O4S2. The molecular weight excluding hydrogens is 312 g/mol. The SMILES string of the molecule is CCCN(C1CCNC1)S(=O)(=O)c1csc(C(=O)OC)c1. The number of rotatable bonds is 6. The highest BCUT2D eigenvalue weighted by Gasteiger charge is 2.33. The number of sulfonamides is 1. The van der Waals surface area contributed by atoms with Crippen LogP contribution in [0.5, 0.6) is 0 Å². The third kappa shape index (κ3) is 3.45. The normalized spacial score (nSPS) is 19.1. The minimum Gasteiger partial charge on any atom is -0.465 e. The minimum absolute atomic E-state index is 0.0172. The van der Waals surface area contributed by atoms with Crippen molar-refractivity contribution in [3.05, 3.63) is 16.3 Å². The number of methoxy groups -OCH3 is 1. The van der Waals surface area contributed by atoms with Crippen LogP contribution in [-0.4, -0.2) is 51.5 Å². The fourth-order valence-electron chi connectivity index (χ4n) is 2.40. The largest absolute Gasteiger partial charge is 0.465 e. The summed E-state index contributed by atoms with van der Waals surface area (Å²) in [5.41, 5.74) is 0. The number of hydrogen-bond donors (Lipinski definition) is 1. The van der Waals surface area contributed by atoms with Gasteiger partial charge in [0.25, 0.3) is 0 Å². The van der Waals surface area contributed by atoms with E-state index in [0.717, 1.165) is 30.7 Å². The molecule has 1 atom stereocenters. The number of thiophene rings is 1. The maximum absolute atomic E-state index is 12.8. The first-order valence-corrected chi connectivity index (χ1v) is 9.22. The maximum Gasteiger partial charge on any atom is 0.348 e. The van der Waals surface area contributed by atoms with Crippen molar-refractivity contribution < 1.29 is 17.9 Å². The van der Waals surface area contributed by atoms with Gasteiger partial charge in [0.05, 0.1) is 12.0 Å². The van der Waals surface area contributed by atoms with E-state index in [1.807, 2.05) is 6.92 Å². The van der Waals surface area contributed by atoms with Gasteiger partial charge in [0.2, 0.25) is 10.0 Å². The number of nitrogens with one attached hydrogen (secondary N) is 1. The van der Waals surface area contributed by atoms with E-state index in [0.29, 0.717) is 18.0 Å². The monoisotopic (exact) mass is 332 g/mol. The highest BCUT2D eigenvalue weighted by molar-refractivity contribution is 7.89. The quantitative estimate of drug-likeness (QED) is 0.795. The summed E-state index contributed by atoms with van der Waals surface area (Å²) in [6.45, 7) is 3.95. The van der Waals surface area contributed by atoms with Gasteiger partial charge in [-0.05, 0) is 25.5 Å². The van der Waals surface area contributed by atoms with Gasteiger partial charge >= 0.3 is 5.97 Å². The molecule has 1 aromatic heterocycles. The lowest BCUT2D eigenvalue weighted by molar-refractivity contribution is 0.0606. The van der Waals surface area contributed by atoms with Crippen LogP contribution in [0.1, 0.15) is 29.4 Å². The second kappa shape index (κ2) is 6.87. The van der Waals surface area contributed by atoms with Crippen LogP contribution in [0, 0.1) is 0 Å². The average molecular weight is 332 g/mol. The number of ether oxygens (including phenoxy) is 1. The van der Waals surface area contributed by atoms with Gasteiger partial charge in [-0.25, -0.2) is 13.2 Å². The molecule has 0 radical (unpaired) electrons. The fourth-order valence-corrected chi connectivity index (χ4v) is 5.33. The molecule has 21 heavy (non-hydrogen) atoms. The van der Waals surface area contributed by atoms with Gasteiger partial charge in [-0.2, -0.15) is 4.31 Å². The summed E-state index contributed by atoms with van der Waals surface area (Å²) < 4.78 is 31.7. The minimum atomic E-state index is -3.57. The van der Waals surface area contributed by atoms with Crippen LogP contribution in [0.15, 0.2) is 16.3 Å². The smallest absolute Gasteiger partial charge is 0.348 e. The van der Waals surface area contributed by atoms with Crippen LogP contribution in [0.4, 0.5) is 0 Å². The van der Waals surface area contributed by atoms with Crippen molar-refractivity contribution in [3.63, 3.8) is 0 Å². The maximum atomic E-state index is 12.8. The molecule has 1 N–H and O–H groups in total. The zero-order valence-corrected chi connectivity index (χ0v) is 13.8. The second-order valence-corrected chi connectivity index (χ2v) is 7.70. The van der Waals surface area contributed by atoms with Crippen LogP contribution >= 0.6 is 11.3 Å². The van der Waals surface area contributed by atoms with E-state index in [-0.39, 0.29) is 10.9 Å². The Labute approximate surface area is 129 Å². The van der Waals surface area contributed by atoms with Gasteiger partial charge in [-0.1, -0.05) is 6.92 Å². The molecule has 0 aromatic carbocycles. The Kier molecular flexibility index (Phi) is 5.37. The molecule has 1 aliphatic heterocycles. The van der Waals surface area contributed by atoms with Crippen LogP contribution in [0.3, 0.4) is 0 Å². The highest BCUT2D eigenvalue weighted by atomic mass is 32.2. The summed E-state index contributed by atoms with van der Waals surface area (Å²) in [5, 5.41) is 4.70. The van der Waals surface area contributed by atoms with Crippen molar-refractivity contribution in [3.8, 4) is 0 Å². The first kappa shape index (κ1) is 16.4. The summed E-state index contributed by atoms with van der Waals surface area (Å²) in [6.07, 6.45) is 1.57. The molecule has 1 aliphatic rings. The molecule has 8 heteroatoms. The van der Waals surface area contributed by atoms with E-state index < -0.39 is 16.0 Å². The number of nitrogens with zero attached hydrogens (tertiary/aromatic N) is 1. The Hall–Kier alpha value is -0.960. The molecule has 6 nitrogen and oxygen atoms in total. The number of carbonyl (C=O) groups excluding carboxylic acids is 1. The lowest BCUT2D eigenvalue weighted by atomic mass is 10.2. The van der Waals surface area contributed by atoms with Crippen molar-refractivity contribution in [2.24, 2.45) is 0 Å². The van der Waals surface area contributed by atoms with Crippen molar-refractivity contribution in [1.82, 2.24) is 9.62 Å². The zero-order chi connectivity index (χ0) is 15.5. The molecule has 0 saturated carbocycles. The second-order valence-electron chi connectivity index (χ2n) is 4.90. The predicted octanol–water partition coefficient (Wildman–Crippen LogP) is 1.30. The Morgan fingerprint density at radius 3 is 2.90 bits per heavy atom. The van der Waals surface area contributed by atoms with Crippen LogP contribution in [0.2, 0.25) is 0 Å². The predicted molar refractivity (Wildman–Crippen MR) is 81.1 cm³/mol. The Bertz CT molecular complexity index is 591. The van der Waals surface area contributed by atoms with Crippen LogP contribution in [0.25, 0.3) is 0 Å². The Morgan fingerprint density at radius 1 is 1.57 bits per heavy atom. The van der Waals surface area contributed by atoms with Crippen molar-refractivity contribution >= 4 is 27.3 Å². The van der Waals surface area contributed by atoms with Gasteiger partial charge in [0, 0.05) is 24.5 Å². The summed E-state index contributed by atoms with van der Waals surface area (Å²) in [5.74, 6) is -0.508. The van der Waals surface area contributed by atoms with Gasteiger partial charge in [0.15, 0.2) is 0 Å². The number of esters is 1. The summed E-state index contributed by atoms with van der Waals surface area (Å²) >= 11 is 1.09. The molecule has 1 fully saturated rings. The van der Waals surface area contributed by atoms with Crippen LogP contribution < -0.4 is 5.32 Å².